The summed E-state index contributed by atoms with van der Waals surface area (Å²) in [4.78, 5) is 2.24. The van der Waals surface area contributed by atoms with Crippen LogP contribution in [-0.4, -0.2) is 24.5 Å². The lowest BCUT2D eigenvalue weighted by Crippen LogP contribution is -2.39. The molecule has 0 amide bonds. The lowest BCUT2D eigenvalue weighted by molar-refractivity contribution is 0.206. The van der Waals surface area contributed by atoms with Gasteiger partial charge in [0.15, 0.2) is 0 Å². The van der Waals surface area contributed by atoms with Gasteiger partial charge in [0.25, 0.3) is 0 Å². The zero-order valence-corrected chi connectivity index (χ0v) is 11.7. The van der Waals surface area contributed by atoms with Crippen LogP contribution in [0, 0.1) is 5.82 Å². The van der Waals surface area contributed by atoms with Crippen LogP contribution in [0.1, 0.15) is 44.7 Å². The summed E-state index contributed by atoms with van der Waals surface area (Å²) in [6.45, 7) is 5.24. The number of halogens is 1. The highest BCUT2D eigenvalue weighted by Gasteiger charge is 2.22. The fraction of sp³-hybridized carbons (Fsp3) is 0.600. The highest BCUT2D eigenvalue weighted by molar-refractivity contribution is 5.21. The van der Waals surface area contributed by atoms with Crippen LogP contribution in [0.5, 0.6) is 0 Å². The Bertz CT molecular complexity index is 354. The van der Waals surface area contributed by atoms with E-state index in [0.717, 1.165) is 31.4 Å². The maximum Gasteiger partial charge on any atom is 0.123 e. The van der Waals surface area contributed by atoms with Crippen molar-refractivity contribution in [3.8, 4) is 0 Å². The molecule has 0 aliphatic rings. The first-order valence-corrected chi connectivity index (χ1v) is 6.81. The van der Waals surface area contributed by atoms with Gasteiger partial charge in [-0.2, -0.15) is 0 Å². The average Bonchev–Trinajstić information content (AvgIpc) is 2.36. The third-order valence-corrected chi connectivity index (χ3v) is 3.41. The van der Waals surface area contributed by atoms with Gasteiger partial charge in [0.2, 0.25) is 0 Å². The first kappa shape index (κ1) is 15.1. The van der Waals surface area contributed by atoms with Gasteiger partial charge < -0.3 is 5.73 Å². The van der Waals surface area contributed by atoms with Gasteiger partial charge in [0, 0.05) is 12.1 Å². The first-order valence-electron chi connectivity index (χ1n) is 6.81. The summed E-state index contributed by atoms with van der Waals surface area (Å²) in [5, 5.41) is 0. The Kier molecular flexibility index (Phi) is 6.30. The molecule has 0 saturated heterocycles. The molecular weight excluding hydrogens is 227 g/mol. The molecule has 1 rings (SSSR count). The molecule has 0 radical (unpaired) electrons. The second kappa shape index (κ2) is 7.49. The van der Waals surface area contributed by atoms with Crippen LogP contribution in [0.25, 0.3) is 0 Å². The number of rotatable bonds is 7. The number of hydrogen-bond donors (Lipinski definition) is 1. The molecule has 0 aromatic heterocycles. The molecule has 2 atom stereocenters. The molecule has 0 fully saturated rings. The summed E-state index contributed by atoms with van der Waals surface area (Å²) in [7, 11) is 2.07. The van der Waals surface area contributed by atoms with Gasteiger partial charge in [-0.3, -0.25) is 4.90 Å². The Balaban J connectivity index is 2.90. The molecular formula is C15H25FN2. The Morgan fingerprint density at radius 3 is 2.61 bits per heavy atom. The van der Waals surface area contributed by atoms with Crippen LogP contribution in [0.15, 0.2) is 24.3 Å². The molecule has 0 saturated carbocycles. The fourth-order valence-corrected chi connectivity index (χ4v) is 2.29. The van der Waals surface area contributed by atoms with Crippen molar-refractivity contribution in [1.29, 1.82) is 0 Å². The number of unbranched alkanes of at least 4 members (excludes halogenated alkanes) is 1. The van der Waals surface area contributed by atoms with E-state index in [1.807, 2.05) is 6.07 Å². The summed E-state index contributed by atoms with van der Waals surface area (Å²) in [5.41, 5.74) is 7.18. The van der Waals surface area contributed by atoms with Crippen LogP contribution in [0.4, 0.5) is 4.39 Å². The zero-order chi connectivity index (χ0) is 13.5. The van der Waals surface area contributed by atoms with Crippen LogP contribution in [0.2, 0.25) is 0 Å². The second-order valence-electron chi connectivity index (χ2n) is 4.91. The monoisotopic (exact) mass is 252 g/mol. The number of nitrogens with zero attached hydrogens (tertiary/aromatic N) is 1. The van der Waals surface area contributed by atoms with E-state index in [1.54, 1.807) is 12.1 Å². The normalized spacial score (nSPS) is 14.8. The molecule has 3 heteroatoms. The molecule has 0 bridgehead atoms. The summed E-state index contributed by atoms with van der Waals surface area (Å²) in [6.07, 6.45) is 3.18. The van der Waals surface area contributed by atoms with Gasteiger partial charge in [-0.1, -0.05) is 32.4 Å². The first-order chi connectivity index (χ1) is 8.60. The molecule has 1 aromatic rings. The smallest absolute Gasteiger partial charge is 0.123 e. The fourth-order valence-electron chi connectivity index (χ4n) is 2.29. The van der Waals surface area contributed by atoms with Gasteiger partial charge >= 0.3 is 0 Å². The van der Waals surface area contributed by atoms with E-state index in [-0.39, 0.29) is 17.9 Å². The molecule has 1 aromatic carbocycles. The van der Waals surface area contributed by atoms with Crippen molar-refractivity contribution in [2.45, 2.75) is 45.2 Å². The minimum atomic E-state index is -0.190. The number of hydrogen-bond acceptors (Lipinski definition) is 2. The molecule has 0 aliphatic heterocycles. The van der Waals surface area contributed by atoms with E-state index in [1.165, 1.54) is 6.07 Å². The number of nitrogens with two attached hydrogens (primary N) is 1. The van der Waals surface area contributed by atoms with E-state index in [0.29, 0.717) is 0 Å². The average molecular weight is 252 g/mol. The van der Waals surface area contributed by atoms with Gasteiger partial charge in [0.05, 0.1) is 0 Å². The highest BCUT2D eigenvalue weighted by Crippen LogP contribution is 2.24. The predicted molar refractivity (Wildman–Crippen MR) is 74.9 cm³/mol. The lowest BCUT2D eigenvalue weighted by Gasteiger charge is -2.32. The van der Waals surface area contributed by atoms with Crippen molar-refractivity contribution >= 4 is 0 Å². The molecule has 0 spiro atoms. The molecule has 2 unspecified atom stereocenters. The zero-order valence-electron chi connectivity index (χ0n) is 11.7. The summed E-state index contributed by atoms with van der Waals surface area (Å²) in [6, 6.07) is 6.93. The predicted octanol–water partition coefficient (Wildman–Crippen LogP) is 3.34. The van der Waals surface area contributed by atoms with Gasteiger partial charge in [-0.15, -0.1) is 0 Å². The number of benzene rings is 1. The van der Waals surface area contributed by atoms with Crippen LogP contribution < -0.4 is 5.73 Å². The van der Waals surface area contributed by atoms with Crippen LogP contribution in [-0.2, 0) is 0 Å². The van der Waals surface area contributed by atoms with E-state index in [4.69, 9.17) is 5.73 Å². The van der Waals surface area contributed by atoms with Crippen molar-refractivity contribution in [2.24, 2.45) is 5.73 Å². The highest BCUT2D eigenvalue weighted by atomic mass is 19.1. The topological polar surface area (TPSA) is 29.3 Å². The molecule has 0 heterocycles. The summed E-state index contributed by atoms with van der Waals surface area (Å²) >= 11 is 0. The summed E-state index contributed by atoms with van der Waals surface area (Å²) < 4.78 is 13.4. The summed E-state index contributed by atoms with van der Waals surface area (Å²) in [5.74, 6) is -0.190. The van der Waals surface area contributed by atoms with Crippen molar-refractivity contribution in [3.05, 3.63) is 35.6 Å². The van der Waals surface area contributed by atoms with Gasteiger partial charge in [0.1, 0.15) is 5.82 Å². The third kappa shape index (κ3) is 4.07. The molecule has 0 aliphatic carbocycles. The minimum absolute atomic E-state index is 0.0358. The van der Waals surface area contributed by atoms with E-state index in [9.17, 15) is 4.39 Å². The van der Waals surface area contributed by atoms with Crippen LogP contribution >= 0.6 is 0 Å². The molecule has 2 nitrogen and oxygen atoms in total. The minimum Gasteiger partial charge on any atom is -0.326 e. The van der Waals surface area contributed by atoms with Crippen molar-refractivity contribution in [3.63, 3.8) is 0 Å². The van der Waals surface area contributed by atoms with E-state index >= 15 is 0 Å². The molecule has 18 heavy (non-hydrogen) atoms. The quantitative estimate of drug-likeness (QED) is 0.806. The van der Waals surface area contributed by atoms with Crippen molar-refractivity contribution < 1.29 is 4.39 Å². The Morgan fingerprint density at radius 1 is 1.33 bits per heavy atom. The molecule has 102 valence electrons. The second-order valence-corrected chi connectivity index (χ2v) is 4.91. The van der Waals surface area contributed by atoms with Crippen LogP contribution in [0.3, 0.4) is 0 Å². The third-order valence-electron chi connectivity index (χ3n) is 3.41. The van der Waals surface area contributed by atoms with E-state index < -0.39 is 0 Å². The van der Waals surface area contributed by atoms with Gasteiger partial charge in [-0.25, -0.2) is 4.39 Å². The van der Waals surface area contributed by atoms with E-state index in [2.05, 4.69) is 25.8 Å². The molecule has 2 N–H and O–H groups in total. The largest absolute Gasteiger partial charge is 0.326 e. The maximum atomic E-state index is 13.4. The van der Waals surface area contributed by atoms with Crippen molar-refractivity contribution in [2.75, 3.05) is 13.6 Å². The SMILES string of the molecule is CCCCN(C)C(c1cccc(F)c1)C(N)CC. The number of likely N-dealkylation sites (N-methyl/N-ethyl adjacent to an activating group) is 1. The van der Waals surface area contributed by atoms with Crippen molar-refractivity contribution in [1.82, 2.24) is 4.90 Å². The Morgan fingerprint density at radius 2 is 2.06 bits per heavy atom. The van der Waals surface area contributed by atoms with Gasteiger partial charge in [-0.05, 0) is 44.1 Å². The maximum absolute atomic E-state index is 13.4. The lowest BCUT2D eigenvalue weighted by atomic mass is 9.96. The standard InChI is InChI=1S/C15H25FN2/c1-4-6-10-18(3)15(14(17)5-2)12-8-7-9-13(16)11-12/h7-9,11,14-15H,4-6,10,17H2,1-3H3. The Hall–Kier alpha value is -0.930. The Labute approximate surface area is 110 Å².